The number of rotatable bonds is 0. The van der Waals surface area contributed by atoms with Crippen LogP contribution in [0.25, 0.3) is 0 Å². The summed E-state index contributed by atoms with van der Waals surface area (Å²) in [5.74, 6) is 0.688. The Balaban J connectivity index is 2.44. The van der Waals surface area contributed by atoms with Crippen LogP contribution in [-0.2, 0) is 11.2 Å². The van der Waals surface area contributed by atoms with E-state index in [0.717, 1.165) is 5.03 Å². The molecule has 0 N–H and O–H groups in total. The Labute approximate surface area is 78.5 Å². The van der Waals surface area contributed by atoms with Gasteiger partial charge < -0.3 is 0 Å². The lowest BCUT2D eigenvalue weighted by atomic mass is 10.2. The van der Waals surface area contributed by atoms with E-state index in [1.807, 2.05) is 0 Å². The van der Waals surface area contributed by atoms with E-state index in [1.54, 1.807) is 0 Å². The minimum Gasteiger partial charge on any atom is -0.298 e. The highest BCUT2D eigenvalue weighted by atomic mass is 35.5. The first-order valence-electron chi connectivity index (χ1n) is 3.41. The monoisotopic (exact) mass is 200 g/mol. The van der Waals surface area contributed by atoms with Crippen LogP contribution in [0.1, 0.15) is 5.69 Å². The number of Topliss-reactive ketones (excluding diaryl/α,β-unsaturated/α-hetero) is 1. The Morgan fingerprint density at radius 1 is 1.58 bits per heavy atom. The van der Waals surface area contributed by atoms with Crippen molar-refractivity contribution in [1.82, 2.24) is 9.97 Å². The van der Waals surface area contributed by atoms with Crippen molar-refractivity contribution in [3.63, 3.8) is 0 Å². The fourth-order valence-corrected chi connectivity index (χ4v) is 1.98. The number of hydrogen-bond acceptors (Lipinski definition) is 4. The highest BCUT2D eigenvalue weighted by Gasteiger charge is 2.18. The first kappa shape index (κ1) is 8.01. The SMILES string of the molecule is O=C1CSc2ncc(Cl)nc2C1. The predicted octanol–water partition coefficient (Wildman–Crippen LogP) is 1.35. The molecule has 2 rings (SSSR count). The van der Waals surface area contributed by atoms with E-state index in [-0.39, 0.29) is 5.78 Å². The summed E-state index contributed by atoms with van der Waals surface area (Å²) < 4.78 is 0. The maximum Gasteiger partial charge on any atom is 0.149 e. The zero-order chi connectivity index (χ0) is 8.55. The van der Waals surface area contributed by atoms with Crippen molar-refractivity contribution in [2.45, 2.75) is 11.4 Å². The van der Waals surface area contributed by atoms with Gasteiger partial charge in [0.2, 0.25) is 0 Å². The first-order valence-corrected chi connectivity index (χ1v) is 4.78. The maximum absolute atomic E-state index is 11.0. The molecule has 62 valence electrons. The second-order valence-corrected chi connectivity index (χ2v) is 3.80. The van der Waals surface area contributed by atoms with Gasteiger partial charge in [0.1, 0.15) is 16.0 Å². The number of halogens is 1. The maximum atomic E-state index is 11.0. The zero-order valence-corrected chi connectivity index (χ0v) is 7.65. The molecule has 0 radical (unpaired) electrons. The molecule has 5 heteroatoms. The number of ketones is 1. The van der Waals surface area contributed by atoms with Gasteiger partial charge in [-0.05, 0) is 0 Å². The summed E-state index contributed by atoms with van der Waals surface area (Å²) in [4.78, 5) is 19.1. The van der Waals surface area contributed by atoms with E-state index < -0.39 is 0 Å². The summed E-state index contributed by atoms with van der Waals surface area (Å²) in [6.07, 6.45) is 1.87. The van der Waals surface area contributed by atoms with E-state index in [0.29, 0.717) is 23.0 Å². The van der Waals surface area contributed by atoms with E-state index in [1.165, 1.54) is 18.0 Å². The Morgan fingerprint density at radius 2 is 2.42 bits per heavy atom. The summed E-state index contributed by atoms with van der Waals surface area (Å²) in [6.45, 7) is 0. The second-order valence-electron chi connectivity index (χ2n) is 2.45. The summed E-state index contributed by atoms with van der Waals surface area (Å²) in [5, 5.41) is 1.18. The van der Waals surface area contributed by atoms with Gasteiger partial charge in [0, 0.05) is 0 Å². The molecule has 12 heavy (non-hydrogen) atoms. The Kier molecular flexibility index (Phi) is 2.02. The largest absolute Gasteiger partial charge is 0.298 e. The lowest BCUT2D eigenvalue weighted by Crippen LogP contribution is -2.14. The summed E-state index contributed by atoms with van der Waals surface area (Å²) >= 11 is 7.05. The van der Waals surface area contributed by atoms with Crippen molar-refractivity contribution >= 4 is 29.1 Å². The van der Waals surface area contributed by atoms with Gasteiger partial charge in [-0.1, -0.05) is 23.4 Å². The average Bonchev–Trinajstić information content (AvgIpc) is 2.03. The van der Waals surface area contributed by atoms with Gasteiger partial charge in [0.05, 0.1) is 24.1 Å². The van der Waals surface area contributed by atoms with Gasteiger partial charge in [-0.3, -0.25) is 4.79 Å². The molecule has 1 aliphatic rings. The van der Waals surface area contributed by atoms with Crippen LogP contribution >= 0.6 is 23.4 Å². The summed E-state index contributed by atoms with van der Waals surface area (Å²) in [6, 6.07) is 0. The van der Waals surface area contributed by atoms with Gasteiger partial charge in [-0.15, -0.1) is 0 Å². The normalized spacial score (nSPS) is 15.9. The molecule has 1 aromatic heterocycles. The molecule has 3 nitrogen and oxygen atoms in total. The Bertz CT molecular complexity index is 342. The highest BCUT2D eigenvalue weighted by molar-refractivity contribution is 8.00. The molecule has 1 aromatic rings. The number of thioether (sulfide) groups is 1. The molecular weight excluding hydrogens is 196 g/mol. The molecule has 0 bridgehead atoms. The van der Waals surface area contributed by atoms with Crippen LogP contribution in [0.3, 0.4) is 0 Å². The zero-order valence-electron chi connectivity index (χ0n) is 6.08. The third kappa shape index (κ3) is 1.44. The third-order valence-electron chi connectivity index (χ3n) is 1.51. The lowest BCUT2D eigenvalue weighted by Gasteiger charge is -2.11. The number of carbonyl (C=O) groups excluding carboxylic acids is 1. The summed E-state index contributed by atoms with van der Waals surface area (Å²) in [5.41, 5.74) is 0.712. The molecule has 0 aromatic carbocycles. The minimum absolute atomic E-state index is 0.184. The topological polar surface area (TPSA) is 42.9 Å². The molecule has 0 unspecified atom stereocenters. The van der Waals surface area contributed by atoms with Gasteiger partial charge in [-0.25, -0.2) is 9.97 Å². The lowest BCUT2D eigenvalue weighted by molar-refractivity contribution is -0.116. The average molecular weight is 201 g/mol. The standard InChI is InChI=1S/C7H5ClN2OS/c8-6-2-9-7-5(10-6)1-4(11)3-12-7/h2H,1,3H2. The quantitative estimate of drug-likeness (QED) is 0.634. The van der Waals surface area contributed by atoms with Crippen LogP contribution in [0.4, 0.5) is 0 Å². The number of nitrogens with zero attached hydrogens (tertiary/aromatic N) is 2. The first-order chi connectivity index (χ1) is 5.75. The van der Waals surface area contributed by atoms with Crippen molar-refractivity contribution < 1.29 is 4.79 Å². The smallest absolute Gasteiger partial charge is 0.149 e. The van der Waals surface area contributed by atoms with Crippen LogP contribution < -0.4 is 0 Å². The molecule has 0 saturated carbocycles. The highest BCUT2D eigenvalue weighted by Crippen LogP contribution is 2.25. The van der Waals surface area contributed by atoms with E-state index in [4.69, 9.17) is 11.6 Å². The summed E-state index contributed by atoms with van der Waals surface area (Å²) in [7, 11) is 0. The number of aromatic nitrogens is 2. The van der Waals surface area contributed by atoms with Crippen molar-refractivity contribution in [2.75, 3.05) is 5.75 Å². The van der Waals surface area contributed by atoms with E-state index in [2.05, 4.69) is 9.97 Å². The van der Waals surface area contributed by atoms with Crippen molar-refractivity contribution in [1.29, 1.82) is 0 Å². The molecule has 1 aliphatic heterocycles. The number of carbonyl (C=O) groups is 1. The predicted molar refractivity (Wildman–Crippen MR) is 46.5 cm³/mol. The molecule has 0 saturated heterocycles. The fraction of sp³-hybridized carbons (Fsp3) is 0.286. The van der Waals surface area contributed by atoms with E-state index in [9.17, 15) is 4.79 Å². The Hall–Kier alpha value is -0.610. The molecule has 0 amide bonds. The third-order valence-corrected chi connectivity index (χ3v) is 2.77. The molecule has 0 fully saturated rings. The molecule has 0 atom stereocenters. The van der Waals surface area contributed by atoms with E-state index >= 15 is 0 Å². The molecule has 0 spiro atoms. The van der Waals surface area contributed by atoms with Gasteiger partial charge in [-0.2, -0.15) is 0 Å². The fourth-order valence-electron chi connectivity index (χ4n) is 1.01. The van der Waals surface area contributed by atoms with Crippen LogP contribution in [-0.4, -0.2) is 21.5 Å². The van der Waals surface area contributed by atoms with Gasteiger partial charge >= 0.3 is 0 Å². The van der Waals surface area contributed by atoms with Crippen LogP contribution in [0.2, 0.25) is 5.15 Å². The van der Waals surface area contributed by atoms with Gasteiger partial charge in [0.25, 0.3) is 0 Å². The molecular formula is C7H5ClN2OS. The molecule has 0 aliphatic carbocycles. The number of hydrogen-bond donors (Lipinski definition) is 0. The van der Waals surface area contributed by atoms with Crippen LogP contribution in [0.5, 0.6) is 0 Å². The Morgan fingerprint density at radius 3 is 3.25 bits per heavy atom. The van der Waals surface area contributed by atoms with Crippen molar-refractivity contribution in [3.8, 4) is 0 Å². The molecule has 2 heterocycles. The number of fused-ring (bicyclic) bond motifs is 1. The second kappa shape index (κ2) is 3.03. The van der Waals surface area contributed by atoms with Gasteiger partial charge in [0.15, 0.2) is 0 Å². The van der Waals surface area contributed by atoms with Crippen LogP contribution in [0, 0.1) is 0 Å². The minimum atomic E-state index is 0.184. The van der Waals surface area contributed by atoms with Crippen LogP contribution in [0.15, 0.2) is 11.2 Å². The van der Waals surface area contributed by atoms with Crippen molar-refractivity contribution in [3.05, 3.63) is 17.0 Å². The van der Waals surface area contributed by atoms with Crippen molar-refractivity contribution in [2.24, 2.45) is 0 Å².